The molecule has 1 aromatic heterocycles. The summed E-state index contributed by atoms with van der Waals surface area (Å²) in [6, 6.07) is 13.6. The van der Waals surface area contributed by atoms with Crippen LogP contribution in [-0.4, -0.2) is 54.3 Å². The number of aromatic nitrogens is 3. The van der Waals surface area contributed by atoms with Gasteiger partial charge < -0.3 is 15.4 Å². The van der Waals surface area contributed by atoms with E-state index in [0.717, 1.165) is 11.1 Å². The maximum Gasteiger partial charge on any atom is 0.338 e. The number of hydrogen-bond acceptors (Lipinski definition) is 9. The third-order valence-corrected chi connectivity index (χ3v) is 7.06. The van der Waals surface area contributed by atoms with E-state index in [0.29, 0.717) is 25.5 Å². The third-order valence-electron chi connectivity index (χ3n) is 5.22. The van der Waals surface area contributed by atoms with Gasteiger partial charge in [-0.2, -0.15) is 19.3 Å². The number of nitrogen functional groups attached to an aromatic ring is 1. The summed E-state index contributed by atoms with van der Waals surface area (Å²) in [5, 5.41) is 0. The second-order valence-electron chi connectivity index (χ2n) is 7.77. The van der Waals surface area contributed by atoms with Gasteiger partial charge in [0.15, 0.2) is 12.4 Å². The highest BCUT2D eigenvalue weighted by atomic mass is 32.2. The van der Waals surface area contributed by atoms with Gasteiger partial charge in [-0.25, -0.2) is 13.2 Å². The number of carbonyl (C=O) groups excluding carboxylic acids is 1. The molecule has 0 unspecified atom stereocenters. The van der Waals surface area contributed by atoms with Crippen LogP contribution in [0.2, 0.25) is 0 Å². The molecule has 2 N–H and O–H groups in total. The van der Waals surface area contributed by atoms with Crippen LogP contribution < -0.4 is 10.6 Å². The van der Waals surface area contributed by atoms with Crippen LogP contribution in [0.3, 0.4) is 0 Å². The molecular formula is C22H24N6O4S. The Morgan fingerprint density at radius 2 is 1.85 bits per heavy atom. The molecule has 0 atom stereocenters. The van der Waals surface area contributed by atoms with Gasteiger partial charge in [0.25, 0.3) is 0 Å². The van der Waals surface area contributed by atoms with E-state index < -0.39 is 16.0 Å². The number of nitrogens with zero attached hydrogens (tertiary/aromatic N) is 5. The molecular weight excluding hydrogens is 444 g/mol. The number of ether oxygens (including phenoxy) is 1. The zero-order valence-electron chi connectivity index (χ0n) is 18.3. The lowest BCUT2D eigenvalue weighted by Crippen LogP contribution is -2.36. The molecule has 0 saturated carbocycles. The molecule has 2 heterocycles. The largest absolute Gasteiger partial charge is 0.454 e. The summed E-state index contributed by atoms with van der Waals surface area (Å²) in [6.45, 7) is 0.442. The molecule has 0 bridgehead atoms. The van der Waals surface area contributed by atoms with E-state index in [2.05, 4.69) is 15.0 Å². The van der Waals surface area contributed by atoms with Gasteiger partial charge in [-0.1, -0.05) is 30.3 Å². The topological polar surface area (TPSA) is 132 Å². The molecule has 0 amide bonds. The van der Waals surface area contributed by atoms with Crippen molar-refractivity contribution in [3.63, 3.8) is 0 Å². The molecule has 3 aromatic rings. The summed E-state index contributed by atoms with van der Waals surface area (Å²) in [5.74, 6) is -0.155. The molecule has 0 spiro atoms. The summed E-state index contributed by atoms with van der Waals surface area (Å²) < 4.78 is 33.2. The molecule has 1 aliphatic heterocycles. The van der Waals surface area contributed by atoms with Gasteiger partial charge in [-0.3, -0.25) is 0 Å². The van der Waals surface area contributed by atoms with Crippen molar-refractivity contribution in [2.75, 3.05) is 31.3 Å². The van der Waals surface area contributed by atoms with Gasteiger partial charge in [0.2, 0.25) is 21.9 Å². The number of anilines is 2. The number of hydrogen-bond donors (Lipinski definition) is 1. The minimum Gasteiger partial charge on any atom is -0.454 e. The van der Waals surface area contributed by atoms with Crippen molar-refractivity contribution in [1.82, 2.24) is 19.3 Å². The van der Waals surface area contributed by atoms with Crippen LogP contribution in [0.15, 0.2) is 53.4 Å². The van der Waals surface area contributed by atoms with E-state index in [9.17, 15) is 13.2 Å². The first-order valence-corrected chi connectivity index (χ1v) is 11.7. The summed E-state index contributed by atoms with van der Waals surface area (Å²) in [5.41, 5.74) is 7.93. The number of esters is 1. The summed E-state index contributed by atoms with van der Waals surface area (Å²) in [7, 11) is -0.283. The minimum absolute atomic E-state index is 0.0101. The fourth-order valence-corrected chi connectivity index (χ4v) is 4.98. The molecule has 0 saturated heterocycles. The number of carbonyl (C=O) groups is 1. The van der Waals surface area contributed by atoms with E-state index in [1.807, 2.05) is 24.3 Å². The number of fused-ring (bicyclic) bond motifs is 1. The highest BCUT2D eigenvalue weighted by Crippen LogP contribution is 2.25. The first-order valence-electron chi connectivity index (χ1n) is 10.3. The maximum atomic E-state index is 13.2. The monoisotopic (exact) mass is 468 g/mol. The molecule has 172 valence electrons. The molecule has 0 fully saturated rings. The summed E-state index contributed by atoms with van der Waals surface area (Å²) in [4.78, 5) is 26.4. The Morgan fingerprint density at radius 3 is 2.61 bits per heavy atom. The van der Waals surface area contributed by atoms with Crippen LogP contribution in [0, 0.1) is 0 Å². The molecule has 0 radical (unpaired) electrons. The van der Waals surface area contributed by atoms with Gasteiger partial charge in [0.1, 0.15) is 0 Å². The van der Waals surface area contributed by atoms with Crippen LogP contribution in [0.5, 0.6) is 0 Å². The standard InChI is InChI=1S/C22H24N6O4S/c1-27(2)22-25-19(24-21(23)26-22)14-32-20(29)16-8-5-9-18(12-16)33(30,31)28-11-10-15-6-3-4-7-17(15)13-28/h3-9,12H,10-11,13-14H2,1-2H3,(H2,23,24,25,26). The quantitative estimate of drug-likeness (QED) is 0.536. The number of rotatable bonds is 6. The summed E-state index contributed by atoms with van der Waals surface area (Å²) in [6.07, 6.45) is 0.640. The van der Waals surface area contributed by atoms with Crippen LogP contribution in [-0.2, 0) is 34.3 Å². The molecule has 1 aliphatic rings. The maximum absolute atomic E-state index is 13.2. The second kappa shape index (κ2) is 9.12. The van der Waals surface area contributed by atoms with E-state index in [1.54, 1.807) is 19.0 Å². The lowest BCUT2D eigenvalue weighted by atomic mass is 10.0. The van der Waals surface area contributed by atoms with Crippen molar-refractivity contribution >= 4 is 27.9 Å². The Hall–Kier alpha value is -3.57. The molecule has 33 heavy (non-hydrogen) atoms. The van der Waals surface area contributed by atoms with Crippen molar-refractivity contribution in [2.24, 2.45) is 0 Å². The molecule has 10 nitrogen and oxygen atoms in total. The highest BCUT2D eigenvalue weighted by Gasteiger charge is 2.28. The van der Waals surface area contributed by atoms with E-state index in [1.165, 1.54) is 28.6 Å². The fourth-order valence-electron chi connectivity index (χ4n) is 3.51. The molecule has 11 heteroatoms. The Kier molecular flexibility index (Phi) is 6.25. The van der Waals surface area contributed by atoms with Crippen molar-refractivity contribution in [2.45, 2.75) is 24.5 Å². The van der Waals surface area contributed by atoms with Gasteiger partial charge in [-0.15, -0.1) is 0 Å². The fraction of sp³-hybridized carbons (Fsp3) is 0.273. The minimum atomic E-state index is -3.78. The third kappa shape index (κ3) is 4.94. The predicted octanol–water partition coefficient (Wildman–Crippen LogP) is 1.62. The van der Waals surface area contributed by atoms with Gasteiger partial charge in [0, 0.05) is 27.2 Å². The van der Waals surface area contributed by atoms with Crippen LogP contribution in [0.4, 0.5) is 11.9 Å². The lowest BCUT2D eigenvalue weighted by Gasteiger charge is -2.28. The Labute approximate surface area is 192 Å². The zero-order valence-corrected chi connectivity index (χ0v) is 19.1. The number of sulfonamides is 1. The summed E-state index contributed by atoms with van der Waals surface area (Å²) >= 11 is 0. The van der Waals surface area contributed by atoms with E-state index in [-0.39, 0.29) is 28.8 Å². The smallest absolute Gasteiger partial charge is 0.338 e. The van der Waals surface area contributed by atoms with Crippen molar-refractivity contribution in [3.05, 3.63) is 71.0 Å². The van der Waals surface area contributed by atoms with Crippen molar-refractivity contribution in [1.29, 1.82) is 0 Å². The van der Waals surface area contributed by atoms with Crippen molar-refractivity contribution in [3.8, 4) is 0 Å². The van der Waals surface area contributed by atoms with Crippen molar-refractivity contribution < 1.29 is 17.9 Å². The van der Waals surface area contributed by atoms with Gasteiger partial charge in [-0.05, 0) is 35.7 Å². The van der Waals surface area contributed by atoms with E-state index >= 15 is 0 Å². The normalized spacial score (nSPS) is 13.9. The average Bonchev–Trinajstić information content (AvgIpc) is 2.82. The number of benzene rings is 2. The van der Waals surface area contributed by atoms with Gasteiger partial charge in [0.05, 0.1) is 10.5 Å². The molecule has 4 rings (SSSR count). The molecule has 2 aromatic carbocycles. The first kappa shape index (κ1) is 22.6. The number of nitrogens with two attached hydrogens (primary N) is 1. The molecule has 0 aliphatic carbocycles. The van der Waals surface area contributed by atoms with Crippen LogP contribution >= 0.6 is 0 Å². The zero-order chi connectivity index (χ0) is 23.6. The first-order chi connectivity index (χ1) is 15.7. The van der Waals surface area contributed by atoms with Gasteiger partial charge >= 0.3 is 5.97 Å². The van der Waals surface area contributed by atoms with E-state index in [4.69, 9.17) is 10.5 Å². The Morgan fingerprint density at radius 1 is 1.09 bits per heavy atom. The second-order valence-corrected chi connectivity index (χ2v) is 9.70. The predicted molar refractivity (Wildman–Crippen MR) is 122 cm³/mol. The Balaban J connectivity index is 1.49. The van der Waals surface area contributed by atoms with Crippen LogP contribution in [0.1, 0.15) is 27.3 Å². The Bertz CT molecular complexity index is 1300. The SMILES string of the molecule is CN(C)c1nc(N)nc(COC(=O)c2cccc(S(=O)(=O)N3CCc4ccccc4C3)c2)n1. The lowest BCUT2D eigenvalue weighted by molar-refractivity contribution is 0.0462. The average molecular weight is 469 g/mol. The van der Waals surface area contributed by atoms with Crippen LogP contribution in [0.25, 0.3) is 0 Å². The highest BCUT2D eigenvalue weighted by molar-refractivity contribution is 7.89.